The normalized spacial score (nSPS) is 39.0. The number of nitrogens with one attached hydrogen (secondary N) is 1. The lowest BCUT2D eigenvalue weighted by Gasteiger charge is -2.46. The molecular weight excluding hydrogens is 256 g/mol. The van der Waals surface area contributed by atoms with E-state index in [9.17, 15) is 0 Å². The zero-order valence-corrected chi connectivity index (χ0v) is 12.9. The molecule has 2 nitrogen and oxygen atoms in total. The average Bonchev–Trinajstić information content (AvgIpc) is 3.11. The summed E-state index contributed by atoms with van der Waals surface area (Å²) in [5.41, 5.74) is 6.48. The Labute approximate surface area is 126 Å². The molecular formula is C19H23N2+. The van der Waals surface area contributed by atoms with Crippen LogP contribution in [0.5, 0.6) is 0 Å². The predicted octanol–water partition coefficient (Wildman–Crippen LogP) is 3.74. The van der Waals surface area contributed by atoms with Crippen LogP contribution >= 0.6 is 0 Å². The summed E-state index contributed by atoms with van der Waals surface area (Å²) in [6.07, 6.45) is 5.00. The number of rotatable bonds is 0. The first-order valence-corrected chi connectivity index (χ1v) is 8.31. The smallest absolute Gasteiger partial charge is 0.144 e. The van der Waals surface area contributed by atoms with Gasteiger partial charge in [-0.15, -0.1) is 0 Å². The summed E-state index contributed by atoms with van der Waals surface area (Å²) in [6, 6.07) is 8.87. The number of aromatic amines is 1. The number of aromatic nitrogens is 1. The Balaban J connectivity index is 1.83. The molecule has 0 unspecified atom stereocenters. The van der Waals surface area contributed by atoms with Gasteiger partial charge in [0.1, 0.15) is 12.1 Å². The van der Waals surface area contributed by atoms with Crippen molar-refractivity contribution in [1.29, 1.82) is 0 Å². The van der Waals surface area contributed by atoms with Crippen LogP contribution in [-0.2, 0) is 12.0 Å². The van der Waals surface area contributed by atoms with Crippen molar-refractivity contribution in [2.24, 2.45) is 5.92 Å². The highest BCUT2D eigenvalue weighted by molar-refractivity contribution is 5.85. The number of quaternary nitrogens is 1. The first-order valence-electron chi connectivity index (χ1n) is 8.31. The highest BCUT2D eigenvalue weighted by Gasteiger charge is 2.67. The van der Waals surface area contributed by atoms with Gasteiger partial charge in [-0.3, -0.25) is 0 Å². The first kappa shape index (κ1) is 12.0. The molecule has 5 rings (SSSR count). The summed E-state index contributed by atoms with van der Waals surface area (Å²) in [6.45, 7) is 8.74. The van der Waals surface area contributed by atoms with Crippen LogP contribution in [0.4, 0.5) is 0 Å². The van der Waals surface area contributed by atoms with Crippen LogP contribution in [0, 0.1) is 5.92 Å². The van der Waals surface area contributed by atoms with Gasteiger partial charge in [0.05, 0.1) is 24.7 Å². The van der Waals surface area contributed by atoms with Crippen LogP contribution in [0.15, 0.2) is 35.9 Å². The minimum atomic E-state index is 0.286. The quantitative estimate of drug-likeness (QED) is 0.558. The van der Waals surface area contributed by atoms with Crippen LogP contribution < -0.4 is 0 Å². The Morgan fingerprint density at radius 2 is 2.14 bits per heavy atom. The highest BCUT2D eigenvalue weighted by Crippen LogP contribution is 2.60. The monoisotopic (exact) mass is 279 g/mol. The van der Waals surface area contributed by atoms with Crippen molar-refractivity contribution in [3.05, 3.63) is 47.2 Å². The number of para-hydroxylation sites is 1. The van der Waals surface area contributed by atoms with E-state index in [1.807, 2.05) is 0 Å². The van der Waals surface area contributed by atoms with Crippen LogP contribution in [0.2, 0.25) is 0 Å². The third kappa shape index (κ3) is 1.17. The molecule has 3 aliphatic rings. The maximum Gasteiger partial charge on any atom is 0.144 e. The molecule has 2 aromatic rings. The Morgan fingerprint density at radius 3 is 3.00 bits per heavy atom. The van der Waals surface area contributed by atoms with E-state index in [-0.39, 0.29) is 5.54 Å². The van der Waals surface area contributed by atoms with Crippen molar-refractivity contribution in [2.75, 3.05) is 19.6 Å². The second kappa shape index (κ2) is 3.61. The third-order valence-corrected chi connectivity index (χ3v) is 6.92. The van der Waals surface area contributed by atoms with E-state index in [2.05, 4.69) is 49.2 Å². The standard InChI is InChI=1S/C19H23N2/c1-3-13-12-21-10-8-15-14-6-4-5-7-17(14)20-18(15)19(21,2)16(13)9-11-21/h3-7,16,20H,8-12H2,1-2H3/q+1/b13-3+/t16-,19-,21+/m1/s1. The molecule has 0 spiro atoms. The second-order valence-corrected chi connectivity index (χ2v) is 7.38. The summed E-state index contributed by atoms with van der Waals surface area (Å²) in [5.74, 6) is 0.745. The lowest BCUT2D eigenvalue weighted by molar-refractivity contribution is -0.961. The maximum absolute atomic E-state index is 3.83. The molecule has 0 amide bonds. The number of benzene rings is 1. The van der Waals surface area contributed by atoms with E-state index >= 15 is 0 Å². The number of nitrogens with zero attached hydrogens (tertiary/aromatic N) is 1. The molecule has 2 heteroatoms. The van der Waals surface area contributed by atoms with Gasteiger partial charge in [-0.05, 0) is 31.1 Å². The minimum absolute atomic E-state index is 0.286. The van der Waals surface area contributed by atoms with Gasteiger partial charge in [0.25, 0.3) is 0 Å². The third-order valence-electron chi connectivity index (χ3n) is 6.92. The SMILES string of the molecule is C/C=C1\C[N@@+]23CCc4c([nH]c5ccccc45)[C@@]2(C)[C@@H]1CC3. The van der Waals surface area contributed by atoms with E-state index in [0.29, 0.717) is 0 Å². The zero-order valence-electron chi connectivity index (χ0n) is 12.9. The van der Waals surface area contributed by atoms with Crippen molar-refractivity contribution < 1.29 is 4.48 Å². The Kier molecular flexibility index (Phi) is 2.07. The number of hydrogen-bond acceptors (Lipinski definition) is 0. The van der Waals surface area contributed by atoms with E-state index in [1.165, 1.54) is 47.9 Å². The summed E-state index contributed by atoms with van der Waals surface area (Å²) < 4.78 is 1.30. The summed E-state index contributed by atoms with van der Waals surface area (Å²) in [7, 11) is 0. The fourth-order valence-corrected chi connectivity index (χ4v) is 5.81. The predicted molar refractivity (Wildman–Crippen MR) is 86.1 cm³/mol. The van der Waals surface area contributed by atoms with Gasteiger partial charge in [-0.2, -0.15) is 0 Å². The van der Waals surface area contributed by atoms with Crippen molar-refractivity contribution in [1.82, 2.24) is 4.98 Å². The zero-order chi connectivity index (χ0) is 14.2. The van der Waals surface area contributed by atoms with Gasteiger partial charge in [0.2, 0.25) is 0 Å². The summed E-state index contributed by atoms with van der Waals surface area (Å²) >= 11 is 0. The van der Waals surface area contributed by atoms with Crippen LogP contribution in [0.25, 0.3) is 10.9 Å². The molecule has 2 saturated heterocycles. The van der Waals surface area contributed by atoms with Crippen molar-refractivity contribution in [2.45, 2.75) is 32.2 Å². The largest absolute Gasteiger partial charge is 0.353 e. The summed E-state index contributed by atoms with van der Waals surface area (Å²) in [4.78, 5) is 3.83. The van der Waals surface area contributed by atoms with Gasteiger partial charge in [0, 0.05) is 23.7 Å². The van der Waals surface area contributed by atoms with Crippen LogP contribution in [0.3, 0.4) is 0 Å². The second-order valence-electron chi connectivity index (χ2n) is 7.38. The van der Waals surface area contributed by atoms with Crippen molar-refractivity contribution >= 4 is 10.9 Å². The van der Waals surface area contributed by atoms with E-state index < -0.39 is 0 Å². The fourth-order valence-electron chi connectivity index (χ4n) is 5.81. The van der Waals surface area contributed by atoms with Crippen LogP contribution in [0.1, 0.15) is 31.5 Å². The molecule has 0 radical (unpaired) electrons. The van der Waals surface area contributed by atoms with Crippen molar-refractivity contribution in [3.8, 4) is 0 Å². The van der Waals surface area contributed by atoms with Crippen molar-refractivity contribution in [3.63, 3.8) is 0 Å². The molecule has 0 aliphatic carbocycles. The molecule has 1 N–H and O–H groups in total. The molecule has 3 aliphatic heterocycles. The molecule has 2 fully saturated rings. The first-order chi connectivity index (χ1) is 10.2. The molecule has 1 aromatic carbocycles. The Bertz CT molecular complexity index is 784. The van der Waals surface area contributed by atoms with E-state index in [1.54, 1.807) is 16.8 Å². The van der Waals surface area contributed by atoms with Gasteiger partial charge in [-0.25, -0.2) is 0 Å². The number of fused-ring (bicyclic) bond motifs is 3. The van der Waals surface area contributed by atoms with Gasteiger partial charge < -0.3 is 9.47 Å². The molecule has 108 valence electrons. The topological polar surface area (TPSA) is 15.8 Å². The lowest BCUT2D eigenvalue weighted by atomic mass is 9.78. The number of hydrogen-bond donors (Lipinski definition) is 1. The number of allylic oxidation sites excluding steroid dienone is 1. The number of H-pyrrole nitrogens is 1. The average molecular weight is 279 g/mol. The van der Waals surface area contributed by atoms with Gasteiger partial charge in [-0.1, -0.05) is 24.3 Å². The summed E-state index contributed by atoms with van der Waals surface area (Å²) in [5, 5.41) is 1.46. The van der Waals surface area contributed by atoms with E-state index in [4.69, 9.17) is 0 Å². The number of piperidine rings is 1. The molecule has 4 heterocycles. The van der Waals surface area contributed by atoms with E-state index in [0.717, 1.165) is 5.92 Å². The molecule has 2 bridgehead atoms. The maximum atomic E-state index is 3.83. The molecule has 3 atom stereocenters. The Hall–Kier alpha value is -1.54. The fraction of sp³-hybridized carbons (Fsp3) is 0.474. The van der Waals surface area contributed by atoms with Gasteiger partial charge in [0.15, 0.2) is 0 Å². The van der Waals surface area contributed by atoms with Crippen LogP contribution in [-0.4, -0.2) is 29.1 Å². The lowest BCUT2D eigenvalue weighted by Crippen LogP contribution is -2.58. The van der Waals surface area contributed by atoms with Gasteiger partial charge >= 0.3 is 0 Å². The molecule has 1 aromatic heterocycles. The Morgan fingerprint density at radius 1 is 1.29 bits per heavy atom. The molecule has 21 heavy (non-hydrogen) atoms. The minimum Gasteiger partial charge on any atom is -0.353 e. The highest BCUT2D eigenvalue weighted by atomic mass is 15.5. The molecule has 0 saturated carbocycles.